The molecular weight excluding hydrogens is 250 g/mol. The minimum atomic E-state index is -1.08. The molecule has 1 aromatic heterocycles. The molecule has 2 N–H and O–H groups in total. The van der Waals surface area contributed by atoms with Gasteiger partial charge in [0.15, 0.2) is 0 Å². The lowest BCUT2D eigenvalue weighted by Gasteiger charge is -2.17. The van der Waals surface area contributed by atoms with Gasteiger partial charge in [0.2, 0.25) is 5.91 Å². The number of pyridine rings is 1. The molecule has 3 amide bonds. The standard InChI is InChI=1S/C12H15N3O4/c1-15(8-9-3-2-6-13-7-9)12(19)14-10(16)4-5-11(17)18/h2-3,6-7H,4-5,8H2,1H3,(H,17,18)(H,14,16,19). The predicted molar refractivity (Wildman–Crippen MR) is 66.1 cm³/mol. The van der Waals surface area contributed by atoms with E-state index in [-0.39, 0.29) is 12.8 Å². The summed E-state index contributed by atoms with van der Waals surface area (Å²) in [6.07, 6.45) is 2.72. The Labute approximate surface area is 110 Å². The number of aliphatic carboxylic acids is 1. The second-order valence-corrected chi connectivity index (χ2v) is 3.96. The van der Waals surface area contributed by atoms with Crippen LogP contribution in [0, 0.1) is 0 Å². The molecule has 0 saturated carbocycles. The SMILES string of the molecule is CN(Cc1cccnc1)C(=O)NC(=O)CCC(=O)O. The highest BCUT2D eigenvalue weighted by molar-refractivity contribution is 5.95. The van der Waals surface area contributed by atoms with E-state index in [2.05, 4.69) is 10.3 Å². The number of hydrogen-bond donors (Lipinski definition) is 2. The number of hydrogen-bond acceptors (Lipinski definition) is 4. The maximum atomic E-state index is 11.6. The van der Waals surface area contributed by atoms with Crippen LogP contribution in [0.1, 0.15) is 18.4 Å². The summed E-state index contributed by atoms with van der Waals surface area (Å²) in [6.45, 7) is 0.311. The number of aromatic nitrogens is 1. The summed E-state index contributed by atoms with van der Waals surface area (Å²) < 4.78 is 0. The first kappa shape index (κ1) is 14.6. The van der Waals surface area contributed by atoms with Crippen molar-refractivity contribution in [1.29, 1.82) is 0 Å². The molecule has 0 unspecified atom stereocenters. The van der Waals surface area contributed by atoms with E-state index < -0.39 is 17.9 Å². The summed E-state index contributed by atoms with van der Waals surface area (Å²) in [6, 6.07) is 2.99. The number of carboxylic acid groups (broad SMARTS) is 1. The number of urea groups is 1. The molecule has 0 aromatic carbocycles. The zero-order valence-electron chi connectivity index (χ0n) is 10.5. The second kappa shape index (κ2) is 7.10. The van der Waals surface area contributed by atoms with Crippen LogP contribution in [-0.2, 0) is 16.1 Å². The van der Waals surface area contributed by atoms with Gasteiger partial charge < -0.3 is 10.0 Å². The van der Waals surface area contributed by atoms with Crippen molar-refractivity contribution in [2.75, 3.05) is 7.05 Å². The van der Waals surface area contributed by atoms with E-state index in [1.165, 1.54) is 11.9 Å². The Morgan fingerprint density at radius 3 is 2.68 bits per heavy atom. The number of carboxylic acids is 1. The third-order valence-corrected chi connectivity index (χ3v) is 2.30. The van der Waals surface area contributed by atoms with Crippen molar-refractivity contribution in [3.05, 3.63) is 30.1 Å². The van der Waals surface area contributed by atoms with Crippen LogP contribution in [0.4, 0.5) is 4.79 Å². The minimum Gasteiger partial charge on any atom is -0.481 e. The van der Waals surface area contributed by atoms with E-state index in [1.807, 2.05) is 6.07 Å². The molecule has 0 fully saturated rings. The number of amides is 3. The van der Waals surface area contributed by atoms with Gasteiger partial charge in [-0.1, -0.05) is 6.07 Å². The smallest absolute Gasteiger partial charge is 0.324 e. The van der Waals surface area contributed by atoms with Gasteiger partial charge in [0.1, 0.15) is 0 Å². The first-order chi connectivity index (χ1) is 8.99. The lowest BCUT2D eigenvalue weighted by molar-refractivity contribution is -0.138. The molecule has 0 saturated heterocycles. The van der Waals surface area contributed by atoms with Crippen molar-refractivity contribution in [1.82, 2.24) is 15.2 Å². The quantitative estimate of drug-likeness (QED) is 0.812. The first-order valence-corrected chi connectivity index (χ1v) is 5.64. The average Bonchev–Trinajstić information content (AvgIpc) is 2.37. The Bertz CT molecular complexity index is 461. The highest BCUT2D eigenvalue weighted by Gasteiger charge is 2.13. The molecule has 7 nitrogen and oxygen atoms in total. The number of nitrogens with zero attached hydrogens (tertiary/aromatic N) is 2. The molecule has 0 radical (unpaired) electrons. The van der Waals surface area contributed by atoms with Crippen molar-refractivity contribution in [2.45, 2.75) is 19.4 Å². The zero-order chi connectivity index (χ0) is 14.3. The van der Waals surface area contributed by atoms with E-state index in [1.54, 1.807) is 18.5 Å². The Kier molecular flexibility index (Phi) is 5.46. The number of rotatable bonds is 5. The third-order valence-electron chi connectivity index (χ3n) is 2.30. The first-order valence-electron chi connectivity index (χ1n) is 5.64. The fourth-order valence-electron chi connectivity index (χ4n) is 1.33. The molecule has 0 spiro atoms. The highest BCUT2D eigenvalue weighted by atomic mass is 16.4. The molecule has 0 aliphatic rings. The monoisotopic (exact) mass is 265 g/mol. The van der Waals surface area contributed by atoms with Crippen molar-refractivity contribution in [3.8, 4) is 0 Å². The molecule has 102 valence electrons. The topological polar surface area (TPSA) is 99.6 Å². The maximum absolute atomic E-state index is 11.6. The van der Waals surface area contributed by atoms with E-state index in [9.17, 15) is 14.4 Å². The van der Waals surface area contributed by atoms with Crippen LogP contribution >= 0.6 is 0 Å². The number of nitrogens with one attached hydrogen (secondary N) is 1. The Morgan fingerprint density at radius 1 is 1.37 bits per heavy atom. The Hall–Kier alpha value is -2.44. The van der Waals surface area contributed by atoms with Gasteiger partial charge in [-0.25, -0.2) is 4.79 Å². The summed E-state index contributed by atoms with van der Waals surface area (Å²) in [5.74, 6) is -1.68. The van der Waals surface area contributed by atoms with Gasteiger partial charge in [0.25, 0.3) is 0 Å². The van der Waals surface area contributed by atoms with Crippen LogP contribution in [0.2, 0.25) is 0 Å². The third kappa shape index (κ3) is 5.62. The van der Waals surface area contributed by atoms with Crippen LogP contribution in [0.15, 0.2) is 24.5 Å². The van der Waals surface area contributed by atoms with Crippen LogP contribution in [0.3, 0.4) is 0 Å². The van der Waals surface area contributed by atoms with E-state index in [0.717, 1.165) is 5.56 Å². The van der Waals surface area contributed by atoms with Gasteiger partial charge in [-0.2, -0.15) is 0 Å². The highest BCUT2D eigenvalue weighted by Crippen LogP contribution is 2.01. The zero-order valence-corrected chi connectivity index (χ0v) is 10.5. The van der Waals surface area contributed by atoms with E-state index >= 15 is 0 Å². The molecule has 0 aliphatic carbocycles. The van der Waals surface area contributed by atoms with E-state index in [4.69, 9.17) is 5.11 Å². The van der Waals surface area contributed by atoms with Gasteiger partial charge in [-0.15, -0.1) is 0 Å². The van der Waals surface area contributed by atoms with Crippen LogP contribution < -0.4 is 5.32 Å². The Balaban J connectivity index is 2.40. The summed E-state index contributed by atoms with van der Waals surface area (Å²) in [5.41, 5.74) is 0.832. The maximum Gasteiger partial charge on any atom is 0.324 e. The average molecular weight is 265 g/mol. The fraction of sp³-hybridized carbons (Fsp3) is 0.333. The van der Waals surface area contributed by atoms with Gasteiger partial charge in [-0.05, 0) is 11.6 Å². The lowest BCUT2D eigenvalue weighted by atomic mass is 10.3. The van der Waals surface area contributed by atoms with Gasteiger partial charge in [-0.3, -0.25) is 19.9 Å². The molecule has 1 aromatic rings. The lowest BCUT2D eigenvalue weighted by Crippen LogP contribution is -2.40. The summed E-state index contributed by atoms with van der Waals surface area (Å²) in [7, 11) is 1.53. The molecule has 7 heteroatoms. The fourth-order valence-corrected chi connectivity index (χ4v) is 1.33. The second-order valence-electron chi connectivity index (χ2n) is 3.96. The van der Waals surface area contributed by atoms with Crippen LogP contribution in [-0.4, -0.2) is 39.9 Å². The largest absolute Gasteiger partial charge is 0.481 e. The van der Waals surface area contributed by atoms with E-state index in [0.29, 0.717) is 6.54 Å². The number of imide groups is 1. The van der Waals surface area contributed by atoms with Crippen molar-refractivity contribution in [2.24, 2.45) is 0 Å². The molecule has 19 heavy (non-hydrogen) atoms. The minimum absolute atomic E-state index is 0.220. The van der Waals surface area contributed by atoms with Gasteiger partial charge in [0, 0.05) is 32.4 Å². The molecule has 1 rings (SSSR count). The van der Waals surface area contributed by atoms with Crippen molar-refractivity contribution < 1.29 is 19.5 Å². The number of carbonyl (C=O) groups is 3. The Morgan fingerprint density at radius 2 is 2.11 bits per heavy atom. The van der Waals surface area contributed by atoms with Crippen molar-refractivity contribution in [3.63, 3.8) is 0 Å². The number of carbonyl (C=O) groups excluding carboxylic acids is 2. The van der Waals surface area contributed by atoms with Gasteiger partial charge >= 0.3 is 12.0 Å². The van der Waals surface area contributed by atoms with Crippen LogP contribution in [0.5, 0.6) is 0 Å². The molecule has 1 heterocycles. The normalized spacial score (nSPS) is 9.74. The summed E-state index contributed by atoms with van der Waals surface area (Å²) in [5, 5.41) is 10.5. The van der Waals surface area contributed by atoms with Crippen molar-refractivity contribution >= 4 is 17.9 Å². The predicted octanol–water partition coefficient (Wildman–Crippen LogP) is 0.614. The summed E-state index contributed by atoms with van der Waals surface area (Å²) >= 11 is 0. The van der Waals surface area contributed by atoms with Gasteiger partial charge in [0.05, 0.1) is 6.42 Å². The summed E-state index contributed by atoms with van der Waals surface area (Å²) in [4.78, 5) is 38.4. The molecule has 0 atom stereocenters. The molecule has 0 aliphatic heterocycles. The molecule has 0 bridgehead atoms. The van der Waals surface area contributed by atoms with Crippen LogP contribution in [0.25, 0.3) is 0 Å². The molecular formula is C12H15N3O4.